The van der Waals surface area contributed by atoms with E-state index in [1.165, 1.54) is 12.1 Å². The van der Waals surface area contributed by atoms with E-state index in [1.54, 1.807) is 12.1 Å². The van der Waals surface area contributed by atoms with Crippen molar-refractivity contribution in [3.05, 3.63) is 40.2 Å². The number of hydrogen-bond donors (Lipinski definition) is 1. The van der Waals surface area contributed by atoms with E-state index < -0.39 is 0 Å². The Hall–Kier alpha value is -1.85. The van der Waals surface area contributed by atoms with Crippen LogP contribution in [-0.2, 0) is 11.3 Å². The third kappa shape index (κ3) is 3.09. The zero-order valence-electron chi connectivity index (χ0n) is 12.2. The molecule has 0 spiro atoms. The molecule has 1 aliphatic rings. The van der Waals surface area contributed by atoms with Crippen LogP contribution >= 0.6 is 0 Å². The lowest BCUT2D eigenvalue weighted by Gasteiger charge is -2.35. The molecular formula is C16H19NO4. The molecule has 5 nitrogen and oxygen atoms in total. The minimum Gasteiger partial charge on any atom is -0.508 e. The highest BCUT2D eigenvalue weighted by molar-refractivity contribution is 5.81. The van der Waals surface area contributed by atoms with Crippen LogP contribution in [0.5, 0.6) is 5.75 Å². The Labute approximate surface area is 122 Å². The second kappa shape index (κ2) is 5.50. The number of phenols is 1. The van der Waals surface area contributed by atoms with Crippen molar-refractivity contribution in [3.63, 3.8) is 0 Å². The van der Waals surface area contributed by atoms with Crippen molar-refractivity contribution in [1.29, 1.82) is 0 Å². The minimum atomic E-state index is -0.363. The molecule has 1 aromatic carbocycles. The molecule has 0 unspecified atom stereocenters. The van der Waals surface area contributed by atoms with Crippen LogP contribution < -0.4 is 5.63 Å². The Morgan fingerprint density at radius 2 is 1.95 bits per heavy atom. The maximum atomic E-state index is 11.7. The predicted octanol–water partition coefficient (Wildman–Crippen LogP) is 2.11. The Bertz CT molecular complexity index is 699. The summed E-state index contributed by atoms with van der Waals surface area (Å²) in [6, 6.07) is 6.29. The SMILES string of the molecule is C[C@H]1CN(Cc2cc(=O)oc3ccc(O)cc23)C[C@H](C)O1. The highest BCUT2D eigenvalue weighted by atomic mass is 16.5. The first-order chi connectivity index (χ1) is 10.0. The van der Waals surface area contributed by atoms with Gasteiger partial charge >= 0.3 is 5.63 Å². The second-order valence-electron chi connectivity index (χ2n) is 5.72. The number of fused-ring (bicyclic) bond motifs is 1. The predicted molar refractivity (Wildman–Crippen MR) is 79.4 cm³/mol. The Morgan fingerprint density at radius 1 is 1.24 bits per heavy atom. The van der Waals surface area contributed by atoms with E-state index in [0.717, 1.165) is 24.0 Å². The second-order valence-corrected chi connectivity index (χ2v) is 5.72. The molecule has 1 aromatic heterocycles. The fourth-order valence-electron chi connectivity index (χ4n) is 3.00. The topological polar surface area (TPSA) is 62.9 Å². The molecule has 5 heteroatoms. The van der Waals surface area contributed by atoms with Crippen LogP contribution in [-0.4, -0.2) is 35.3 Å². The molecule has 0 amide bonds. The summed E-state index contributed by atoms with van der Waals surface area (Å²) in [4.78, 5) is 13.9. The quantitative estimate of drug-likeness (QED) is 0.858. The Kier molecular flexibility index (Phi) is 3.69. The van der Waals surface area contributed by atoms with Gasteiger partial charge in [0.05, 0.1) is 12.2 Å². The first-order valence-corrected chi connectivity index (χ1v) is 7.15. The monoisotopic (exact) mass is 289 g/mol. The largest absolute Gasteiger partial charge is 0.508 e. The summed E-state index contributed by atoms with van der Waals surface area (Å²) < 4.78 is 10.9. The first kappa shape index (κ1) is 14.1. The van der Waals surface area contributed by atoms with Crippen LogP contribution in [0.2, 0.25) is 0 Å². The van der Waals surface area contributed by atoms with Gasteiger partial charge in [-0.15, -0.1) is 0 Å². The molecule has 0 aliphatic carbocycles. The van der Waals surface area contributed by atoms with E-state index in [2.05, 4.69) is 4.90 Å². The van der Waals surface area contributed by atoms with Gasteiger partial charge in [-0.1, -0.05) is 0 Å². The van der Waals surface area contributed by atoms with E-state index >= 15 is 0 Å². The maximum Gasteiger partial charge on any atom is 0.336 e. The fraction of sp³-hybridized carbons (Fsp3) is 0.438. The van der Waals surface area contributed by atoms with Crippen LogP contribution in [0.15, 0.2) is 33.5 Å². The summed E-state index contributed by atoms with van der Waals surface area (Å²) in [7, 11) is 0. The summed E-state index contributed by atoms with van der Waals surface area (Å²) in [5, 5.41) is 10.4. The Balaban J connectivity index is 1.96. The molecule has 21 heavy (non-hydrogen) atoms. The van der Waals surface area contributed by atoms with Gasteiger partial charge < -0.3 is 14.3 Å². The van der Waals surface area contributed by atoms with Gasteiger partial charge in [-0.25, -0.2) is 4.79 Å². The smallest absolute Gasteiger partial charge is 0.336 e. The number of hydrogen-bond acceptors (Lipinski definition) is 5. The van der Waals surface area contributed by atoms with Crippen LogP contribution in [0.1, 0.15) is 19.4 Å². The lowest BCUT2D eigenvalue weighted by Crippen LogP contribution is -2.44. The average Bonchev–Trinajstić information content (AvgIpc) is 2.38. The molecule has 0 bridgehead atoms. The molecule has 1 aliphatic heterocycles. The Morgan fingerprint density at radius 3 is 2.67 bits per heavy atom. The standard InChI is InChI=1S/C16H19NO4/c1-10-7-17(8-11(2)20-10)9-12-5-16(19)21-15-4-3-13(18)6-14(12)15/h3-6,10-11,18H,7-9H2,1-2H3/t10-,11-/m0/s1. The van der Waals surface area contributed by atoms with Crippen LogP contribution in [0.3, 0.4) is 0 Å². The normalized spacial score (nSPS) is 23.5. The van der Waals surface area contributed by atoms with Gasteiger partial charge in [0.1, 0.15) is 11.3 Å². The van der Waals surface area contributed by atoms with Gasteiger partial charge in [0.2, 0.25) is 0 Å². The van der Waals surface area contributed by atoms with Crippen LogP contribution in [0.4, 0.5) is 0 Å². The molecule has 2 atom stereocenters. The number of rotatable bonds is 2. The van der Waals surface area contributed by atoms with E-state index in [1.807, 2.05) is 13.8 Å². The highest BCUT2D eigenvalue weighted by Crippen LogP contribution is 2.24. The number of benzene rings is 1. The van der Waals surface area contributed by atoms with Gasteiger partial charge in [-0.3, -0.25) is 4.90 Å². The number of nitrogens with zero attached hydrogens (tertiary/aromatic N) is 1. The van der Waals surface area contributed by atoms with E-state index in [0.29, 0.717) is 12.1 Å². The third-order valence-corrected chi connectivity index (χ3v) is 3.70. The zero-order chi connectivity index (χ0) is 15.0. The lowest BCUT2D eigenvalue weighted by molar-refractivity contribution is -0.0704. The number of morpholine rings is 1. The van der Waals surface area contributed by atoms with Crippen molar-refractivity contribution in [3.8, 4) is 5.75 Å². The van der Waals surface area contributed by atoms with Crippen LogP contribution in [0, 0.1) is 0 Å². The summed E-state index contributed by atoms with van der Waals surface area (Å²) >= 11 is 0. The third-order valence-electron chi connectivity index (χ3n) is 3.70. The van der Waals surface area contributed by atoms with Crippen molar-refractivity contribution in [1.82, 2.24) is 4.90 Å². The molecule has 3 rings (SSSR count). The number of aromatic hydroxyl groups is 1. The van der Waals surface area contributed by atoms with Crippen molar-refractivity contribution >= 4 is 11.0 Å². The summed E-state index contributed by atoms with van der Waals surface area (Å²) in [5.41, 5.74) is 1.01. The summed E-state index contributed by atoms with van der Waals surface area (Å²) in [6.07, 6.45) is 0.349. The summed E-state index contributed by atoms with van der Waals surface area (Å²) in [6.45, 7) is 6.39. The lowest BCUT2D eigenvalue weighted by atomic mass is 10.1. The van der Waals surface area contributed by atoms with E-state index in [9.17, 15) is 9.90 Å². The molecule has 1 N–H and O–H groups in total. The summed E-state index contributed by atoms with van der Waals surface area (Å²) in [5.74, 6) is 0.168. The van der Waals surface area contributed by atoms with Crippen molar-refractivity contribution in [2.24, 2.45) is 0 Å². The van der Waals surface area contributed by atoms with E-state index in [4.69, 9.17) is 9.15 Å². The molecule has 0 radical (unpaired) electrons. The van der Waals surface area contributed by atoms with E-state index in [-0.39, 0.29) is 23.6 Å². The molecule has 2 heterocycles. The molecule has 112 valence electrons. The van der Waals surface area contributed by atoms with Crippen molar-refractivity contribution < 1.29 is 14.3 Å². The first-order valence-electron chi connectivity index (χ1n) is 7.15. The zero-order valence-corrected chi connectivity index (χ0v) is 12.2. The van der Waals surface area contributed by atoms with Gasteiger partial charge in [0, 0.05) is 31.1 Å². The fourth-order valence-corrected chi connectivity index (χ4v) is 3.00. The van der Waals surface area contributed by atoms with Crippen molar-refractivity contribution in [2.45, 2.75) is 32.6 Å². The molecule has 1 saturated heterocycles. The highest BCUT2D eigenvalue weighted by Gasteiger charge is 2.23. The minimum absolute atomic E-state index is 0.168. The van der Waals surface area contributed by atoms with Crippen LogP contribution in [0.25, 0.3) is 11.0 Å². The van der Waals surface area contributed by atoms with Crippen molar-refractivity contribution in [2.75, 3.05) is 13.1 Å². The number of ether oxygens (including phenoxy) is 1. The molecular weight excluding hydrogens is 270 g/mol. The van der Waals surface area contributed by atoms with Gasteiger partial charge in [0.15, 0.2) is 0 Å². The number of phenolic OH excluding ortho intramolecular Hbond substituents is 1. The molecule has 2 aromatic rings. The molecule has 0 saturated carbocycles. The average molecular weight is 289 g/mol. The van der Waals surface area contributed by atoms with Gasteiger partial charge in [-0.2, -0.15) is 0 Å². The maximum absolute atomic E-state index is 11.7. The molecule has 1 fully saturated rings. The van der Waals surface area contributed by atoms with Gasteiger partial charge in [-0.05, 0) is 37.6 Å². The van der Waals surface area contributed by atoms with Gasteiger partial charge in [0.25, 0.3) is 0 Å².